The van der Waals surface area contributed by atoms with Crippen LogP contribution in [-0.2, 0) is 16.0 Å². The molecule has 1 aliphatic rings. The summed E-state index contributed by atoms with van der Waals surface area (Å²) >= 11 is 0. The van der Waals surface area contributed by atoms with Crippen LogP contribution in [0.25, 0.3) is 0 Å². The molecule has 1 aromatic heterocycles. The molecule has 29 heavy (non-hydrogen) atoms. The van der Waals surface area contributed by atoms with E-state index in [1.165, 1.54) is 11.2 Å². The van der Waals surface area contributed by atoms with Crippen molar-refractivity contribution in [2.45, 2.75) is 26.2 Å². The van der Waals surface area contributed by atoms with Crippen LogP contribution in [0.3, 0.4) is 0 Å². The number of hydrogen-bond acceptors (Lipinski definition) is 4. The van der Waals surface area contributed by atoms with Gasteiger partial charge in [0, 0.05) is 31.7 Å². The molecule has 0 aliphatic carbocycles. The van der Waals surface area contributed by atoms with Gasteiger partial charge in [0.05, 0.1) is 12.8 Å². The normalized spacial score (nSPS) is 14.5. The molecule has 154 valence electrons. The van der Waals surface area contributed by atoms with Crippen molar-refractivity contribution in [1.29, 1.82) is 0 Å². The third kappa shape index (κ3) is 5.04. The smallest absolute Gasteiger partial charge is 0.289 e. The number of furan rings is 1. The van der Waals surface area contributed by atoms with Gasteiger partial charge in [-0.15, -0.1) is 0 Å². The molecule has 0 bridgehead atoms. The zero-order valence-electron chi connectivity index (χ0n) is 16.9. The Morgan fingerprint density at radius 1 is 1.14 bits per heavy atom. The Hall–Kier alpha value is -3.09. The number of amides is 3. The molecule has 2 heterocycles. The first-order chi connectivity index (χ1) is 14.0. The Morgan fingerprint density at radius 3 is 2.52 bits per heavy atom. The van der Waals surface area contributed by atoms with E-state index in [0.29, 0.717) is 31.7 Å². The quantitative estimate of drug-likeness (QED) is 0.813. The van der Waals surface area contributed by atoms with Gasteiger partial charge in [-0.2, -0.15) is 0 Å². The first-order valence-electron chi connectivity index (χ1n) is 9.95. The number of anilines is 1. The maximum Gasteiger partial charge on any atom is 0.289 e. The van der Waals surface area contributed by atoms with Crippen LogP contribution in [0.5, 0.6) is 0 Å². The standard InChI is InChI=1S/C22H27N3O4/c1-3-16-7-4-5-8-18(16)23-20(26)15-24(2)21(27)17-10-12-25(13-11-17)22(28)19-9-6-14-29-19/h4-9,14,17H,3,10-13,15H2,1-2H3,(H,23,26). The lowest BCUT2D eigenvalue weighted by Crippen LogP contribution is -2.45. The highest BCUT2D eigenvalue weighted by Gasteiger charge is 2.30. The fraction of sp³-hybridized carbons (Fsp3) is 0.409. The number of likely N-dealkylation sites (N-methyl/N-ethyl adjacent to an activating group) is 1. The van der Waals surface area contributed by atoms with Gasteiger partial charge in [0.1, 0.15) is 0 Å². The minimum Gasteiger partial charge on any atom is -0.459 e. The summed E-state index contributed by atoms with van der Waals surface area (Å²) in [6.45, 7) is 3.03. The van der Waals surface area contributed by atoms with Crippen LogP contribution in [-0.4, -0.2) is 54.2 Å². The summed E-state index contributed by atoms with van der Waals surface area (Å²) in [5.41, 5.74) is 1.84. The van der Waals surface area contributed by atoms with Gasteiger partial charge in [0.15, 0.2) is 5.76 Å². The van der Waals surface area contributed by atoms with Crippen molar-refractivity contribution in [2.24, 2.45) is 5.92 Å². The summed E-state index contributed by atoms with van der Waals surface area (Å²) in [6, 6.07) is 11.0. The van der Waals surface area contributed by atoms with E-state index in [2.05, 4.69) is 5.32 Å². The van der Waals surface area contributed by atoms with Crippen molar-refractivity contribution in [3.63, 3.8) is 0 Å². The summed E-state index contributed by atoms with van der Waals surface area (Å²) in [5.74, 6) is -0.295. The minimum absolute atomic E-state index is 0.00240. The maximum absolute atomic E-state index is 12.7. The number of nitrogens with one attached hydrogen (secondary N) is 1. The van der Waals surface area contributed by atoms with Crippen LogP contribution in [0.2, 0.25) is 0 Å². The molecule has 1 saturated heterocycles. The first-order valence-corrected chi connectivity index (χ1v) is 9.95. The number of hydrogen-bond donors (Lipinski definition) is 1. The number of carbonyl (C=O) groups is 3. The zero-order chi connectivity index (χ0) is 20.8. The van der Waals surface area contributed by atoms with Crippen LogP contribution >= 0.6 is 0 Å². The number of likely N-dealkylation sites (tertiary alicyclic amines) is 1. The van der Waals surface area contributed by atoms with Gasteiger partial charge in [0.2, 0.25) is 11.8 Å². The van der Waals surface area contributed by atoms with Gasteiger partial charge in [-0.25, -0.2) is 0 Å². The third-order valence-electron chi connectivity index (χ3n) is 5.29. The highest BCUT2D eigenvalue weighted by atomic mass is 16.3. The van der Waals surface area contributed by atoms with E-state index in [0.717, 1.165) is 17.7 Å². The molecule has 1 N–H and O–H groups in total. The molecule has 3 amide bonds. The molecule has 0 spiro atoms. The van der Waals surface area contributed by atoms with Gasteiger partial charge >= 0.3 is 0 Å². The molecule has 1 aliphatic heterocycles. The molecule has 0 unspecified atom stereocenters. The first kappa shape index (κ1) is 20.6. The van der Waals surface area contributed by atoms with Crippen molar-refractivity contribution >= 4 is 23.4 Å². The lowest BCUT2D eigenvalue weighted by molar-refractivity contribution is -0.138. The van der Waals surface area contributed by atoms with Crippen molar-refractivity contribution in [3.8, 4) is 0 Å². The molecule has 7 heteroatoms. The second-order valence-corrected chi connectivity index (χ2v) is 7.30. The lowest BCUT2D eigenvalue weighted by atomic mass is 9.95. The molecule has 0 atom stereocenters. The largest absolute Gasteiger partial charge is 0.459 e. The van der Waals surface area contributed by atoms with Crippen LogP contribution in [0.1, 0.15) is 35.9 Å². The average Bonchev–Trinajstić information content (AvgIpc) is 3.28. The Labute approximate surface area is 170 Å². The predicted octanol–water partition coefficient (Wildman–Crippen LogP) is 2.79. The zero-order valence-corrected chi connectivity index (χ0v) is 16.9. The SMILES string of the molecule is CCc1ccccc1NC(=O)CN(C)C(=O)C1CCN(C(=O)c2ccco2)CC1. The Bertz CT molecular complexity index is 855. The summed E-state index contributed by atoms with van der Waals surface area (Å²) in [4.78, 5) is 40.6. The molecule has 1 fully saturated rings. The molecule has 2 aromatic rings. The Balaban J connectivity index is 1.49. The van der Waals surface area contributed by atoms with E-state index in [-0.39, 0.29) is 30.2 Å². The van der Waals surface area contributed by atoms with E-state index in [1.807, 2.05) is 31.2 Å². The topological polar surface area (TPSA) is 82.9 Å². The molecule has 0 radical (unpaired) electrons. The van der Waals surface area contributed by atoms with Gasteiger partial charge in [0.25, 0.3) is 5.91 Å². The number of nitrogens with zero attached hydrogens (tertiary/aromatic N) is 2. The van der Waals surface area contributed by atoms with Crippen LogP contribution < -0.4 is 5.32 Å². The second kappa shape index (κ2) is 9.41. The third-order valence-corrected chi connectivity index (χ3v) is 5.29. The average molecular weight is 397 g/mol. The lowest BCUT2D eigenvalue weighted by Gasteiger charge is -2.32. The van der Waals surface area contributed by atoms with Gasteiger partial charge in [-0.05, 0) is 43.0 Å². The van der Waals surface area contributed by atoms with E-state index >= 15 is 0 Å². The van der Waals surface area contributed by atoms with Gasteiger partial charge in [-0.3, -0.25) is 14.4 Å². The molecular formula is C22H27N3O4. The van der Waals surface area contributed by atoms with Crippen molar-refractivity contribution in [3.05, 3.63) is 54.0 Å². The molecule has 0 saturated carbocycles. The number of carbonyl (C=O) groups excluding carboxylic acids is 3. The predicted molar refractivity (Wildman–Crippen MR) is 109 cm³/mol. The fourth-order valence-corrected chi connectivity index (χ4v) is 3.63. The van der Waals surface area contributed by atoms with Crippen molar-refractivity contribution in [1.82, 2.24) is 9.80 Å². The van der Waals surface area contributed by atoms with Crippen LogP contribution in [0, 0.1) is 5.92 Å². The molecular weight excluding hydrogens is 370 g/mol. The monoisotopic (exact) mass is 397 g/mol. The van der Waals surface area contributed by atoms with E-state index in [4.69, 9.17) is 4.42 Å². The highest BCUT2D eigenvalue weighted by molar-refractivity contribution is 5.95. The fourth-order valence-electron chi connectivity index (χ4n) is 3.63. The Kier molecular flexibility index (Phi) is 6.69. The minimum atomic E-state index is -0.216. The van der Waals surface area contributed by atoms with Gasteiger partial charge < -0.3 is 19.5 Å². The summed E-state index contributed by atoms with van der Waals surface area (Å²) < 4.78 is 5.16. The number of para-hydroxylation sites is 1. The van der Waals surface area contributed by atoms with Crippen LogP contribution in [0.15, 0.2) is 47.1 Å². The van der Waals surface area contributed by atoms with E-state index < -0.39 is 0 Å². The second-order valence-electron chi connectivity index (χ2n) is 7.30. The maximum atomic E-state index is 12.7. The Morgan fingerprint density at radius 2 is 1.86 bits per heavy atom. The number of rotatable bonds is 6. The summed E-state index contributed by atoms with van der Waals surface area (Å²) in [5, 5.41) is 2.89. The molecule has 3 rings (SSSR count). The van der Waals surface area contributed by atoms with Crippen LogP contribution in [0.4, 0.5) is 5.69 Å². The highest BCUT2D eigenvalue weighted by Crippen LogP contribution is 2.21. The van der Waals surface area contributed by atoms with E-state index in [9.17, 15) is 14.4 Å². The molecule has 7 nitrogen and oxygen atoms in total. The number of benzene rings is 1. The number of piperidine rings is 1. The summed E-state index contributed by atoms with van der Waals surface area (Å²) in [7, 11) is 1.65. The molecule has 1 aromatic carbocycles. The van der Waals surface area contributed by atoms with Crippen molar-refractivity contribution in [2.75, 3.05) is 32.0 Å². The van der Waals surface area contributed by atoms with Gasteiger partial charge in [-0.1, -0.05) is 25.1 Å². The van der Waals surface area contributed by atoms with Crippen molar-refractivity contribution < 1.29 is 18.8 Å². The van der Waals surface area contributed by atoms with E-state index in [1.54, 1.807) is 24.1 Å². The summed E-state index contributed by atoms with van der Waals surface area (Å²) in [6.07, 6.45) is 3.45. The number of aryl methyl sites for hydroxylation is 1.